The Bertz CT molecular complexity index is 516. The third kappa shape index (κ3) is 4.28. The number of nitrogens with zero attached hydrogens (tertiary/aromatic N) is 1. The number of rotatable bonds is 6. The molecular formula is C14H16BrClN2S. The van der Waals surface area contributed by atoms with Crippen LogP contribution >= 0.6 is 38.9 Å². The summed E-state index contributed by atoms with van der Waals surface area (Å²) in [4.78, 5) is 4.37. The van der Waals surface area contributed by atoms with E-state index < -0.39 is 0 Å². The highest BCUT2D eigenvalue weighted by atomic mass is 79.9. The Hall–Kier alpha value is -0.420. The number of aromatic nitrogens is 1. The summed E-state index contributed by atoms with van der Waals surface area (Å²) in [6, 6.07) is 6.22. The maximum Gasteiger partial charge on any atom is 0.0943 e. The highest BCUT2D eigenvalue weighted by Crippen LogP contribution is 2.29. The molecule has 19 heavy (non-hydrogen) atoms. The molecule has 0 spiro atoms. The van der Waals surface area contributed by atoms with Gasteiger partial charge in [0.05, 0.1) is 5.01 Å². The normalized spacial score (nSPS) is 12.6. The average Bonchev–Trinajstić information content (AvgIpc) is 2.88. The lowest BCUT2D eigenvalue weighted by Gasteiger charge is -2.19. The van der Waals surface area contributed by atoms with E-state index in [1.807, 2.05) is 23.7 Å². The quantitative estimate of drug-likeness (QED) is 0.798. The molecule has 1 aromatic carbocycles. The van der Waals surface area contributed by atoms with Crippen LogP contribution in [0.5, 0.6) is 0 Å². The van der Waals surface area contributed by atoms with E-state index in [2.05, 4.69) is 39.2 Å². The summed E-state index contributed by atoms with van der Waals surface area (Å²) >= 11 is 11.3. The first kappa shape index (κ1) is 15.0. The smallest absolute Gasteiger partial charge is 0.0943 e. The van der Waals surface area contributed by atoms with E-state index in [1.54, 1.807) is 11.3 Å². The Kier molecular flexibility index (Phi) is 5.82. The zero-order chi connectivity index (χ0) is 13.7. The Balaban J connectivity index is 2.20. The van der Waals surface area contributed by atoms with Crippen LogP contribution in [0.2, 0.25) is 5.02 Å². The minimum absolute atomic E-state index is 0.262. The van der Waals surface area contributed by atoms with Gasteiger partial charge in [0.2, 0.25) is 0 Å². The number of hydrogen-bond acceptors (Lipinski definition) is 3. The molecule has 0 aliphatic rings. The zero-order valence-electron chi connectivity index (χ0n) is 10.7. The second kappa shape index (κ2) is 7.39. The zero-order valence-corrected chi connectivity index (χ0v) is 13.9. The van der Waals surface area contributed by atoms with E-state index in [9.17, 15) is 0 Å². The number of thiazole rings is 1. The molecule has 0 aliphatic carbocycles. The third-order valence-corrected chi connectivity index (χ3v) is 4.56. The Labute approximate surface area is 131 Å². The van der Waals surface area contributed by atoms with Crippen LogP contribution in [0.1, 0.15) is 30.0 Å². The highest BCUT2D eigenvalue weighted by Gasteiger charge is 2.16. The summed E-state index contributed by atoms with van der Waals surface area (Å²) in [6.07, 6.45) is 3.87. The van der Waals surface area contributed by atoms with Crippen molar-refractivity contribution >= 4 is 38.9 Å². The maximum atomic E-state index is 6.01. The number of halogens is 2. The largest absolute Gasteiger partial charge is 0.310 e. The van der Waals surface area contributed by atoms with Gasteiger partial charge in [-0.15, -0.1) is 11.3 Å². The van der Waals surface area contributed by atoms with Gasteiger partial charge in [0.25, 0.3) is 0 Å². The van der Waals surface area contributed by atoms with Gasteiger partial charge in [-0.25, -0.2) is 4.98 Å². The molecule has 0 saturated carbocycles. The Morgan fingerprint density at radius 1 is 1.47 bits per heavy atom. The van der Waals surface area contributed by atoms with Gasteiger partial charge >= 0.3 is 0 Å². The van der Waals surface area contributed by atoms with E-state index in [1.165, 1.54) is 5.56 Å². The first-order chi connectivity index (χ1) is 9.20. The first-order valence-electron chi connectivity index (χ1n) is 6.27. The number of hydrogen-bond donors (Lipinski definition) is 1. The van der Waals surface area contributed by atoms with Crippen molar-refractivity contribution in [1.82, 2.24) is 10.3 Å². The molecule has 2 rings (SSSR count). The molecule has 2 nitrogen and oxygen atoms in total. The lowest BCUT2D eigenvalue weighted by molar-refractivity contribution is 0.526. The van der Waals surface area contributed by atoms with Gasteiger partial charge in [-0.3, -0.25) is 0 Å². The summed E-state index contributed by atoms with van der Waals surface area (Å²) in [7, 11) is 0. The summed E-state index contributed by atoms with van der Waals surface area (Å²) in [5.74, 6) is 0. The van der Waals surface area contributed by atoms with E-state index in [0.29, 0.717) is 0 Å². The second-order valence-corrected chi connectivity index (χ2v) is 6.57. The Morgan fingerprint density at radius 2 is 2.32 bits per heavy atom. The van der Waals surface area contributed by atoms with Gasteiger partial charge in [-0.2, -0.15) is 0 Å². The van der Waals surface area contributed by atoms with Crippen molar-refractivity contribution in [2.24, 2.45) is 0 Å². The molecule has 102 valence electrons. The van der Waals surface area contributed by atoms with Gasteiger partial charge in [0, 0.05) is 33.5 Å². The molecular weight excluding hydrogens is 344 g/mol. The van der Waals surface area contributed by atoms with Gasteiger partial charge in [0.15, 0.2) is 0 Å². The predicted molar refractivity (Wildman–Crippen MR) is 86.0 cm³/mol. The fourth-order valence-corrected chi connectivity index (χ4v) is 3.55. The molecule has 0 aliphatic heterocycles. The molecule has 0 fully saturated rings. The van der Waals surface area contributed by atoms with Gasteiger partial charge in [-0.05, 0) is 30.7 Å². The Morgan fingerprint density at radius 3 is 2.95 bits per heavy atom. The molecule has 0 amide bonds. The first-order valence-corrected chi connectivity index (χ1v) is 8.32. The molecule has 1 aromatic heterocycles. The van der Waals surface area contributed by atoms with Crippen molar-refractivity contribution in [3.63, 3.8) is 0 Å². The lowest BCUT2D eigenvalue weighted by atomic mass is 10.0. The molecule has 1 N–H and O–H groups in total. The van der Waals surface area contributed by atoms with Crippen molar-refractivity contribution in [3.05, 3.63) is 49.8 Å². The summed E-state index contributed by atoms with van der Waals surface area (Å²) in [5, 5.41) is 7.49. The number of benzene rings is 1. The minimum atomic E-state index is 0.262. The summed E-state index contributed by atoms with van der Waals surface area (Å²) in [6.45, 7) is 3.16. The van der Waals surface area contributed by atoms with Crippen molar-refractivity contribution in [2.75, 3.05) is 6.54 Å². The van der Waals surface area contributed by atoms with E-state index in [-0.39, 0.29) is 6.04 Å². The topological polar surface area (TPSA) is 24.9 Å². The predicted octanol–water partition coefficient (Wildman–Crippen LogP) is 4.84. The fourth-order valence-electron chi connectivity index (χ4n) is 1.92. The molecule has 1 atom stereocenters. The standard InChI is InChI=1S/C14H16BrClN2S/c1-2-5-17-13(9-14-18-6-7-19-14)11-4-3-10(16)8-12(11)15/h3-4,6-8,13,17H,2,5,9H2,1H3. The van der Waals surface area contributed by atoms with Crippen LogP contribution in [0.25, 0.3) is 0 Å². The van der Waals surface area contributed by atoms with Crippen LogP contribution in [0, 0.1) is 0 Å². The highest BCUT2D eigenvalue weighted by molar-refractivity contribution is 9.10. The summed E-state index contributed by atoms with van der Waals surface area (Å²) < 4.78 is 1.05. The van der Waals surface area contributed by atoms with Crippen molar-refractivity contribution in [2.45, 2.75) is 25.8 Å². The number of nitrogens with one attached hydrogen (secondary N) is 1. The van der Waals surface area contributed by atoms with Gasteiger partial charge in [0.1, 0.15) is 0 Å². The van der Waals surface area contributed by atoms with Crippen LogP contribution in [-0.4, -0.2) is 11.5 Å². The van der Waals surface area contributed by atoms with Crippen molar-refractivity contribution < 1.29 is 0 Å². The van der Waals surface area contributed by atoms with Crippen LogP contribution in [0.15, 0.2) is 34.2 Å². The molecule has 0 radical (unpaired) electrons. The monoisotopic (exact) mass is 358 g/mol. The van der Waals surface area contributed by atoms with Crippen LogP contribution < -0.4 is 5.32 Å². The van der Waals surface area contributed by atoms with E-state index in [4.69, 9.17) is 11.6 Å². The molecule has 0 bridgehead atoms. The molecule has 0 saturated heterocycles. The van der Waals surface area contributed by atoms with Crippen LogP contribution in [-0.2, 0) is 6.42 Å². The van der Waals surface area contributed by atoms with Crippen molar-refractivity contribution in [1.29, 1.82) is 0 Å². The third-order valence-electron chi connectivity index (χ3n) is 2.84. The van der Waals surface area contributed by atoms with Crippen LogP contribution in [0.4, 0.5) is 0 Å². The molecule has 2 aromatic rings. The van der Waals surface area contributed by atoms with Crippen molar-refractivity contribution in [3.8, 4) is 0 Å². The molecule has 1 unspecified atom stereocenters. The molecule has 5 heteroatoms. The second-order valence-electron chi connectivity index (χ2n) is 4.30. The SMILES string of the molecule is CCCNC(Cc1nccs1)c1ccc(Cl)cc1Br. The summed E-state index contributed by atoms with van der Waals surface area (Å²) in [5.41, 5.74) is 1.23. The van der Waals surface area contributed by atoms with Gasteiger partial charge < -0.3 is 5.32 Å². The molecule has 1 heterocycles. The maximum absolute atomic E-state index is 6.01. The lowest BCUT2D eigenvalue weighted by Crippen LogP contribution is -2.24. The average molecular weight is 360 g/mol. The van der Waals surface area contributed by atoms with Crippen LogP contribution in [0.3, 0.4) is 0 Å². The van der Waals surface area contributed by atoms with Gasteiger partial charge in [-0.1, -0.05) is 40.5 Å². The van der Waals surface area contributed by atoms with E-state index in [0.717, 1.165) is 33.9 Å². The van der Waals surface area contributed by atoms with E-state index >= 15 is 0 Å². The minimum Gasteiger partial charge on any atom is -0.310 e. The fraction of sp³-hybridized carbons (Fsp3) is 0.357.